The molecule has 0 fully saturated rings. The van der Waals surface area contributed by atoms with Crippen molar-refractivity contribution < 1.29 is 0 Å². The summed E-state index contributed by atoms with van der Waals surface area (Å²) in [4.78, 5) is 4.37. The van der Waals surface area contributed by atoms with E-state index in [-0.39, 0.29) is 6.04 Å². The highest BCUT2D eigenvalue weighted by Crippen LogP contribution is 2.20. The zero-order valence-electron chi connectivity index (χ0n) is 12.1. The Labute approximate surface area is 114 Å². The third-order valence-electron chi connectivity index (χ3n) is 3.57. The van der Waals surface area contributed by atoms with Gasteiger partial charge < -0.3 is 5.32 Å². The molecule has 0 aromatic carbocycles. The predicted molar refractivity (Wildman–Crippen MR) is 77.1 cm³/mol. The zero-order valence-corrected chi connectivity index (χ0v) is 12.1. The van der Waals surface area contributed by atoms with Crippen LogP contribution >= 0.6 is 0 Å². The first-order valence-corrected chi connectivity index (χ1v) is 6.76. The Morgan fingerprint density at radius 2 is 2.21 bits per heavy atom. The van der Waals surface area contributed by atoms with Gasteiger partial charge in [-0.2, -0.15) is 5.10 Å². The summed E-state index contributed by atoms with van der Waals surface area (Å²) in [5, 5.41) is 7.89. The molecule has 0 radical (unpaired) electrons. The van der Waals surface area contributed by atoms with E-state index in [0.29, 0.717) is 0 Å². The van der Waals surface area contributed by atoms with Gasteiger partial charge in [-0.25, -0.2) is 0 Å². The van der Waals surface area contributed by atoms with Crippen LogP contribution in [0.15, 0.2) is 24.4 Å². The molecular formula is C15H22N4. The fourth-order valence-corrected chi connectivity index (χ4v) is 2.38. The summed E-state index contributed by atoms with van der Waals surface area (Å²) in [5.41, 5.74) is 4.73. The summed E-state index contributed by atoms with van der Waals surface area (Å²) in [6.07, 6.45) is 3.74. The maximum absolute atomic E-state index is 4.51. The normalized spacial score (nSPS) is 12.6. The molecule has 2 aromatic heterocycles. The van der Waals surface area contributed by atoms with Crippen molar-refractivity contribution in [2.75, 3.05) is 7.05 Å². The lowest BCUT2D eigenvalue weighted by Gasteiger charge is -2.18. The molecular weight excluding hydrogens is 236 g/mol. The second kappa shape index (κ2) is 5.97. The van der Waals surface area contributed by atoms with Crippen LogP contribution < -0.4 is 5.32 Å². The smallest absolute Gasteiger partial charge is 0.0624 e. The molecule has 0 aliphatic carbocycles. The third-order valence-corrected chi connectivity index (χ3v) is 3.57. The van der Waals surface area contributed by atoms with E-state index >= 15 is 0 Å². The van der Waals surface area contributed by atoms with E-state index in [2.05, 4.69) is 41.4 Å². The van der Waals surface area contributed by atoms with E-state index in [1.807, 2.05) is 31.0 Å². The minimum absolute atomic E-state index is 0.272. The maximum Gasteiger partial charge on any atom is 0.0624 e. The van der Waals surface area contributed by atoms with Crippen LogP contribution in [0, 0.1) is 6.92 Å². The molecule has 0 spiro atoms. The van der Waals surface area contributed by atoms with Gasteiger partial charge in [0.25, 0.3) is 0 Å². The van der Waals surface area contributed by atoms with E-state index in [4.69, 9.17) is 0 Å². The Morgan fingerprint density at radius 1 is 1.42 bits per heavy atom. The van der Waals surface area contributed by atoms with Crippen molar-refractivity contribution in [2.45, 2.75) is 32.7 Å². The van der Waals surface area contributed by atoms with Crippen molar-refractivity contribution in [1.29, 1.82) is 0 Å². The van der Waals surface area contributed by atoms with Gasteiger partial charge in [0, 0.05) is 37.1 Å². The fraction of sp³-hybridized carbons (Fsp3) is 0.467. The van der Waals surface area contributed by atoms with Crippen LogP contribution in [0.4, 0.5) is 0 Å². The lowest BCUT2D eigenvalue weighted by Crippen LogP contribution is -2.21. The number of nitrogens with zero attached hydrogens (tertiary/aromatic N) is 3. The third kappa shape index (κ3) is 3.01. The summed E-state index contributed by atoms with van der Waals surface area (Å²) >= 11 is 0. The highest BCUT2D eigenvalue weighted by molar-refractivity contribution is 5.25. The molecule has 4 heteroatoms. The monoisotopic (exact) mass is 258 g/mol. The molecule has 0 bridgehead atoms. The molecule has 1 atom stereocenters. The molecule has 19 heavy (non-hydrogen) atoms. The first-order chi connectivity index (χ1) is 9.15. The van der Waals surface area contributed by atoms with Gasteiger partial charge in [-0.1, -0.05) is 13.0 Å². The second-order valence-corrected chi connectivity index (χ2v) is 4.83. The molecule has 0 saturated heterocycles. The minimum Gasteiger partial charge on any atom is -0.313 e. The zero-order chi connectivity index (χ0) is 13.8. The molecule has 0 aliphatic rings. The van der Waals surface area contributed by atoms with E-state index < -0.39 is 0 Å². The van der Waals surface area contributed by atoms with Crippen molar-refractivity contribution in [3.63, 3.8) is 0 Å². The van der Waals surface area contributed by atoms with Gasteiger partial charge >= 0.3 is 0 Å². The van der Waals surface area contributed by atoms with Gasteiger partial charge in [-0.15, -0.1) is 0 Å². The number of aromatic nitrogens is 3. The molecule has 102 valence electrons. The van der Waals surface area contributed by atoms with Crippen molar-refractivity contribution in [1.82, 2.24) is 20.1 Å². The molecule has 1 N–H and O–H groups in total. The van der Waals surface area contributed by atoms with Gasteiger partial charge in [0.05, 0.1) is 5.69 Å². The molecule has 1 unspecified atom stereocenters. The Bertz CT molecular complexity index is 545. The van der Waals surface area contributed by atoms with Crippen LogP contribution in [0.5, 0.6) is 0 Å². The largest absolute Gasteiger partial charge is 0.313 e. The summed E-state index contributed by atoms with van der Waals surface area (Å²) in [6.45, 7) is 4.19. The van der Waals surface area contributed by atoms with Crippen LogP contribution in [0.2, 0.25) is 0 Å². The number of likely N-dealkylation sites (N-methyl/N-ethyl adjacent to an activating group) is 1. The van der Waals surface area contributed by atoms with Crippen LogP contribution in [0.3, 0.4) is 0 Å². The van der Waals surface area contributed by atoms with Gasteiger partial charge in [-0.05, 0) is 38.1 Å². The molecule has 0 aliphatic heterocycles. The highest BCUT2D eigenvalue weighted by atomic mass is 15.3. The van der Waals surface area contributed by atoms with Gasteiger partial charge in [0.2, 0.25) is 0 Å². The van der Waals surface area contributed by atoms with Crippen LogP contribution in [0.1, 0.15) is 35.6 Å². The van der Waals surface area contributed by atoms with Gasteiger partial charge in [0.15, 0.2) is 0 Å². The topological polar surface area (TPSA) is 42.7 Å². The number of aryl methyl sites for hydroxylation is 3. The SMILES string of the molecule is CCc1cc(CC(NC)c2cccnc2C)n(C)n1. The molecule has 4 nitrogen and oxygen atoms in total. The predicted octanol–water partition coefficient (Wildman–Crippen LogP) is 2.19. The average molecular weight is 258 g/mol. The summed E-state index contributed by atoms with van der Waals surface area (Å²) in [6, 6.07) is 6.60. The Balaban J connectivity index is 2.24. The number of rotatable bonds is 5. The van der Waals surface area contributed by atoms with E-state index in [1.54, 1.807) is 0 Å². The number of hydrogen-bond donors (Lipinski definition) is 1. The van der Waals surface area contributed by atoms with Crippen LogP contribution in [0.25, 0.3) is 0 Å². The molecule has 2 heterocycles. The van der Waals surface area contributed by atoms with Crippen molar-refractivity contribution >= 4 is 0 Å². The minimum atomic E-state index is 0.272. The lowest BCUT2D eigenvalue weighted by atomic mass is 10.0. The Kier molecular flexibility index (Phi) is 4.32. The average Bonchev–Trinajstić information content (AvgIpc) is 2.77. The number of hydrogen-bond acceptors (Lipinski definition) is 3. The van der Waals surface area contributed by atoms with Crippen molar-refractivity contribution in [2.24, 2.45) is 7.05 Å². The summed E-state index contributed by atoms with van der Waals surface area (Å²) in [5.74, 6) is 0. The van der Waals surface area contributed by atoms with Gasteiger partial charge in [-0.3, -0.25) is 9.67 Å². The number of pyridine rings is 1. The summed E-state index contributed by atoms with van der Waals surface area (Å²) < 4.78 is 1.98. The van der Waals surface area contributed by atoms with Crippen molar-refractivity contribution in [3.05, 3.63) is 47.0 Å². The molecule has 2 aromatic rings. The maximum atomic E-state index is 4.51. The van der Waals surface area contributed by atoms with Crippen molar-refractivity contribution in [3.8, 4) is 0 Å². The van der Waals surface area contributed by atoms with E-state index in [9.17, 15) is 0 Å². The Morgan fingerprint density at radius 3 is 2.79 bits per heavy atom. The van der Waals surface area contributed by atoms with Crippen LogP contribution in [-0.4, -0.2) is 21.8 Å². The van der Waals surface area contributed by atoms with Gasteiger partial charge in [0.1, 0.15) is 0 Å². The van der Waals surface area contributed by atoms with E-state index in [0.717, 1.165) is 24.2 Å². The second-order valence-electron chi connectivity index (χ2n) is 4.83. The molecule has 0 saturated carbocycles. The first kappa shape index (κ1) is 13.7. The molecule has 0 amide bonds. The molecule has 2 rings (SSSR count). The van der Waals surface area contributed by atoms with E-state index in [1.165, 1.54) is 11.3 Å². The fourth-order valence-electron chi connectivity index (χ4n) is 2.38. The highest BCUT2D eigenvalue weighted by Gasteiger charge is 2.15. The lowest BCUT2D eigenvalue weighted by molar-refractivity contribution is 0.556. The number of nitrogens with one attached hydrogen (secondary N) is 1. The standard InChI is InChI=1S/C15H22N4/c1-5-12-9-13(19(4)18-12)10-15(16-3)14-7-6-8-17-11(14)2/h6-9,15-16H,5,10H2,1-4H3. The summed E-state index contributed by atoms with van der Waals surface area (Å²) in [7, 11) is 4.01. The quantitative estimate of drug-likeness (QED) is 0.894. The Hall–Kier alpha value is -1.68. The van der Waals surface area contributed by atoms with Crippen LogP contribution in [-0.2, 0) is 19.9 Å². The first-order valence-electron chi connectivity index (χ1n) is 6.76.